The van der Waals surface area contributed by atoms with Gasteiger partial charge in [0.15, 0.2) is 0 Å². The van der Waals surface area contributed by atoms with Gasteiger partial charge in [0, 0.05) is 9.64 Å². The van der Waals surface area contributed by atoms with Crippen molar-refractivity contribution in [3.63, 3.8) is 0 Å². The summed E-state index contributed by atoms with van der Waals surface area (Å²) in [5, 5.41) is 0. The maximum atomic E-state index is 11.6. The molecule has 0 aliphatic carbocycles. The van der Waals surface area contributed by atoms with Crippen molar-refractivity contribution in [2.45, 2.75) is 35.3 Å². The Hall–Kier alpha value is -0.720. The normalized spacial score (nSPS) is 12.7. The number of anilines is 1. The van der Waals surface area contributed by atoms with Gasteiger partial charge in [-0.1, -0.05) is 20.8 Å². The highest BCUT2D eigenvalue weighted by Crippen LogP contribution is 2.34. The van der Waals surface area contributed by atoms with Gasteiger partial charge >= 0.3 is 0 Å². The zero-order valence-electron chi connectivity index (χ0n) is 10.4. The molecule has 0 aliphatic rings. The lowest BCUT2D eigenvalue weighted by molar-refractivity contribution is 0.588. The molecular formula is C11H18N2O2S2. The SMILES string of the molecule is CNS(=O)(=O)c1ccc(SC(C)(C)C)cc1N. The number of sulfonamides is 1. The van der Waals surface area contributed by atoms with Crippen LogP contribution in [0.2, 0.25) is 0 Å². The summed E-state index contributed by atoms with van der Waals surface area (Å²) in [6.07, 6.45) is 0. The van der Waals surface area contributed by atoms with E-state index in [1.54, 1.807) is 23.9 Å². The van der Waals surface area contributed by atoms with Crippen LogP contribution in [0.15, 0.2) is 28.0 Å². The topological polar surface area (TPSA) is 72.2 Å². The minimum Gasteiger partial charge on any atom is -0.398 e. The minimum atomic E-state index is -3.47. The fraction of sp³-hybridized carbons (Fsp3) is 0.455. The molecule has 0 atom stereocenters. The third-order valence-corrected chi connectivity index (χ3v) is 4.55. The molecule has 0 bridgehead atoms. The first-order chi connectivity index (χ1) is 7.65. The number of nitrogens with one attached hydrogen (secondary N) is 1. The summed E-state index contributed by atoms with van der Waals surface area (Å²) in [7, 11) is -2.11. The molecule has 0 unspecified atom stereocenters. The van der Waals surface area contributed by atoms with Crippen molar-refractivity contribution in [1.82, 2.24) is 4.72 Å². The van der Waals surface area contributed by atoms with E-state index in [1.165, 1.54) is 13.1 Å². The Morgan fingerprint density at radius 2 is 1.88 bits per heavy atom. The van der Waals surface area contributed by atoms with Crippen LogP contribution in [-0.4, -0.2) is 20.2 Å². The van der Waals surface area contributed by atoms with Gasteiger partial charge in [-0.2, -0.15) is 0 Å². The number of thioether (sulfide) groups is 1. The number of hydrogen-bond donors (Lipinski definition) is 2. The van der Waals surface area contributed by atoms with Crippen LogP contribution in [0.5, 0.6) is 0 Å². The van der Waals surface area contributed by atoms with Gasteiger partial charge in [-0.3, -0.25) is 0 Å². The Bertz CT molecular complexity index is 505. The molecule has 4 nitrogen and oxygen atoms in total. The molecule has 0 saturated carbocycles. The van der Waals surface area contributed by atoms with Crippen molar-refractivity contribution in [2.24, 2.45) is 0 Å². The third kappa shape index (κ3) is 3.90. The van der Waals surface area contributed by atoms with Crippen molar-refractivity contribution < 1.29 is 8.42 Å². The van der Waals surface area contributed by atoms with E-state index in [-0.39, 0.29) is 15.3 Å². The smallest absolute Gasteiger partial charge is 0.242 e. The number of nitrogens with two attached hydrogens (primary N) is 1. The van der Waals surface area contributed by atoms with Crippen LogP contribution in [0.1, 0.15) is 20.8 Å². The van der Waals surface area contributed by atoms with E-state index in [9.17, 15) is 8.42 Å². The fourth-order valence-electron chi connectivity index (χ4n) is 1.30. The van der Waals surface area contributed by atoms with Crippen LogP contribution in [0, 0.1) is 0 Å². The van der Waals surface area contributed by atoms with E-state index >= 15 is 0 Å². The summed E-state index contributed by atoms with van der Waals surface area (Å²) in [5.74, 6) is 0. The zero-order valence-corrected chi connectivity index (χ0v) is 12.1. The molecule has 0 fully saturated rings. The summed E-state index contributed by atoms with van der Waals surface area (Å²) in [6, 6.07) is 5.01. The molecule has 6 heteroatoms. The molecule has 1 aromatic rings. The van der Waals surface area contributed by atoms with Crippen LogP contribution < -0.4 is 10.5 Å². The Labute approximate surface area is 107 Å². The van der Waals surface area contributed by atoms with Crippen molar-refractivity contribution in [1.29, 1.82) is 0 Å². The lowest BCUT2D eigenvalue weighted by Gasteiger charge is -2.18. The minimum absolute atomic E-state index is 0.0653. The van der Waals surface area contributed by atoms with Gasteiger partial charge in [-0.05, 0) is 25.2 Å². The Kier molecular flexibility index (Phi) is 4.11. The molecule has 96 valence electrons. The number of hydrogen-bond acceptors (Lipinski definition) is 4. The molecule has 1 rings (SSSR count). The number of rotatable bonds is 3. The van der Waals surface area contributed by atoms with E-state index < -0.39 is 10.0 Å². The van der Waals surface area contributed by atoms with E-state index in [2.05, 4.69) is 25.5 Å². The van der Waals surface area contributed by atoms with Gasteiger partial charge in [0.1, 0.15) is 4.90 Å². The molecule has 0 spiro atoms. The summed E-state index contributed by atoms with van der Waals surface area (Å²) < 4.78 is 25.6. The second-order valence-corrected chi connectivity index (χ2v) is 8.38. The summed E-state index contributed by atoms with van der Waals surface area (Å²) in [4.78, 5) is 1.09. The van der Waals surface area contributed by atoms with Gasteiger partial charge in [0.2, 0.25) is 10.0 Å². The quantitative estimate of drug-likeness (QED) is 0.654. The van der Waals surface area contributed by atoms with E-state index in [4.69, 9.17) is 5.73 Å². The van der Waals surface area contributed by atoms with Crippen molar-refractivity contribution in [3.05, 3.63) is 18.2 Å². The van der Waals surface area contributed by atoms with Gasteiger partial charge in [-0.25, -0.2) is 13.1 Å². The van der Waals surface area contributed by atoms with Crippen LogP contribution in [0.3, 0.4) is 0 Å². The average molecular weight is 274 g/mol. The summed E-state index contributed by atoms with van der Waals surface area (Å²) in [6.45, 7) is 6.27. The average Bonchev–Trinajstić information content (AvgIpc) is 2.14. The number of nitrogen functional groups attached to an aromatic ring is 1. The molecular weight excluding hydrogens is 256 g/mol. The molecule has 0 heterocycles. The lowest BCUT2D eigenvalue weighted by atomic mass is 10.3. The molecule has 3 N–H and O–H groups in total. The second kappa shape index (κ2) is 4.88. The monoisotopic (exact) mass is 274 g/mol. The van der Waals surface area contributed by atoms with Crippen molar-refractivity contribution in [2.75, 3.05) is 12.8 Å². The van der Waals surface area contributed by atoms with Crippen LogP contribution >= 0.6 is 11.8 Å². The first kappa shape index (κ1) is 14.3. The summed E-state index contributed by atoms with van der Waals surface area (Å²) >= 11 is 1.65. The third-order valence-electron chi connectivity index (χ3n) is 1.96. The largest absolute Gasteiger partial charge is 0.398 e. The first-order valence-electron chi connectivity index (χ1n) is 5.18. The van der Waals surface area contributed by atoms with Gasteiger partial charge in [-0.15, -0.1) is 11.8 Å². The standard InChI is InChI=1S/C11H18N2O2S2/c1-11(2,3)16-8-5-6-10(9(12)7-8)17(14,15)13-4/h5-7,13H,12H2,1-4H3. The van der Waals surface area contributed by atoms with Crippen LogP contribution in [0.25, 0.3) is 0 Å². The zero-order chi connectivity index (χ0) is 13.3. The Balaban J connectivity index is 3.11. The summed E-state index contributed by atoms with van der Waals surface area (Å²) in [5.41, 5.74) is 6.04. The lowest BCUT2D eigenvalue weighted by Crippen LogP contribution is -2.20. The maximum absolute atomic E-state index is 11.6. The molecule has 0 amide bonds. The molecule has 1 aromatic carbocycles. The Morgan fingerprint density at radius 1 is 1.29 bits per heavy atom. The highest BCUT2D eigenvalue weighted by molar-refractivity contribution is 8.00. The van der Waals surface area contributed by atoms with E-state index in [1.807, 2.05) is 0 Å². The number of benzene rings is 1. The first-order valence-corrected chi connectivity index (χ1v) is 7.48. The van der Waals surface area contributed by atoms with Gasteiger partial charge in [0.05, 0.1) is 5.69 Å². The van der Waals surface area contributed by atoms with Crippen LogP contribution in [0.4, 0.5) is 5.69 Å². The fourth-order valence-corrected chi connectivity index (χ4v) is 3.16. The van der Waals surface area contributed by atoms with E-state index in [0.717, 1.165) is 4.90 Å². The predicted octanol–water partition coefficient (Wildman–Crippen LogP) is 2.07. The molecule has 17 heavy (non-hydrogen) atoms. The molecule has 0 aliphatic heterocycles. The van der Waals surface area contributed by atoms with Crippen molar-refractivity contribution in [3.8, 4) is 0 Å². The molecule has 0 radical (unpaired) electrons. The van der Waals surface area contributed by atoms with Crippen molar-refractivity contribution >= 4 is 27.5 Å². The highest BCUT2D eigenvalue weighted by Gasteiger charge is 2.17. The van der Waals surface area contributed by atoms with E-state index in [0.29, 0.717) is 0 Å². The highest BCUT2D eigenvalue weighted by atomic mass is 32.2. The second-order valence-electron chi connectivity index (χ2n) is 4.62. The predicted molar refractivity (Wildman–Crippen MR) is 72.7 cm³/mol. The van der Waals surface area contributed by atoms with Gasteiger partial charge < -0.3 is 5.73 Å². The van der Waals surface area contributed by atoms with Gasteiger partial charge in [0.25, 0.3) is 0 Å². The Morgan fingerprint density at radius 3 is 2.29 bits per heavy atom. The molecule has 0 saturated heterocycles. The maximum Gasteiger partial charge on any atom is 0.242 e. The van der Waals surface area contributed by atoms with Crippen LogP contribution in [-0.2, 0) is 10.0 Å². The molecule has 0 aromatic heterocycles.